The van der Waals surface area contributed by atoms with E-state index in [0.29, 0.717) is 17.8 Å². The van der Waals surface area contributed by atoms with Crippen LogP contribution >= 0.6 is 0 Å². The van der Waals surface area contributed by atoms with E-state index in [0.717, 1.165) is 11.1 Å². The van der Waals surface area contributed by atoms with Crippen molar-refractivity contribution in [3.63, 3.8) is 0 Å². The second-order valence-electron chi connectivity index (χ2n) is 4.55. The predicted octanol–water partition coefficient (Wildman–Crippen LogP) is 1.27. The molecule has 0 aliphatic rings. The summed E-state index contributed by atoms with van der Waals surface area (Å²) >= 11 is 1.38. The molecule has 0 spiro atoms. The average molecular weight is 415 g/mol. The minimum absolute atomic E-state index is 0.360. The summed E-state index contributed by atoms with van der Waals surface area (Å²) in [6.45, 7) is 10.3. The molecule has 0 saturated carbocycles. The summed E-state index contributed by atoms with van der Waals surface area (Å²) in [5.74, 6) is 0. The van der Waals surface area contributed by atoms with Crippen LogP contribution in [0.2, 0.25) is 0 Å². The van der Waals surface area contributed by atoms with Crippen LogP contribution in [-0.2, 0) is 19.4 Å². The minimum atomic E-state index is -0.375. The monoisotopic (exact) mass is 415 g/mol. The first kappa shape index (κ1) is 15.0. The first-order valence-electron chi connectivity index (χ1n) is 5.63. The van der Waals surface area contributed by atoms with Crippen LogP contribution in [0.3, 0.4) is 0 Å². The van der Waals surface area contributed by atoms with Gasteiger partial charge in [-0.3, -0.25) is 0 Å². The van der Waals surface area contributed by atoms with Gasteiger partial charge in [-0.15, -0.1) is 0 Å². The zero-order valence-electron chi connectivity index (χ0n) is 11.2. The van der Waals surface area contributed by atoms with Gasteiger partial charge in [-0.25, -0.2) is 0 Å². The van der Waals surface area contributed by atoms with Gasteiger partial charge in [0.1, 0.15) is 0 Å². The Labute approximate surface area is 118 Å². The molecule has 0 amide bonds. The van der Waals surface area contributed by atoms with Crippen LogP contribution in [0.5, 0.6) is 0 Å². The molecule has 0 saturated heterocycles. The number of hydrogen-bond donors (Lipinski definition) is 0. The Kier molecular flexibility index (Phi) is 4.75. The maximum absolute atomic E-state index is 11.5. The molecule has 0 bridgehead atoms. The van der Waals surface area contributed by atoms with E-state index in [9.17, 15) is 9.59 Å². The van der Waals surface area contributed by atoms with Crippen LogP contribution in [0.4, 0.5) is 5.69 Å². The van der Waals surface area contributed by atoms with E-state index < -0.39 is 0 Å². The van der Waals surface area contributed by atoms with Crippen molar-refractivity contribution in [1.29, 1.82) is 0 Å². The molecule has 0 aliphatic carbocycles. The van der Waals surface area contributed by atoms with E-state index in [1.54, 1.807) is 6.92 Å². The molecule has 4 heteroatoms. The van der Waals surface area contributed by atoms with Crippen molar-refractivity contribution in [2.24, 2.45) is 0 Å². The normalized spacial score (nSPS) is 12.2. The molecule has 18 heavy (non-hydrogen) atoms. The van der Waals surface area contributed by atoms with E-state index in [4.69, 9.17) is 0 Å². The molecule has 1 rings (SSSR count). The van der Waals surface area contributed by atoms with Crippen molar-refractivity contribution in [2.75, 3.05) is 18.5 Å². The number of rotatable bonds is 5. The van der Waals surface area contributed by atoms with Gasteiger partial charge < -0.3 is 0 Å². The Morgan fingerprint density at radius 1 is 1.33 bits per heavy atom. The molecule has 0 aliphatic heterocycles. The number of nitrogens with zero attached hydrogens (tertiary/aromatic N) is 1. The Morgan fingerprint density at radius 3 is 2.28 bits per heavy atom. The topological polar surface area (TPSA) is 37.4 Å². The van der Waals surface area contributed by atoms with Crippen molar-refractivity contribution in [1.82, 2.24) is 0 Å². The number of anilines is 1. The molecule has 1 aromatic carbocycles. The van der Waals surface area contributed by atoms with Crippen LogP contribution in [-0.4, -0.2) is 18.0 Å². The molecule has 0 aromatic heterocycles. The van der Waals surface area contributed by atoms with Gasteiger partial charge in [-0.1, -0.05) is 0 Å². The van der Waals surface area contributed by atoms with E-state index in [-0.39, 0.29) is 10.9 Å². The molecular formula is C14H17NO2W. The maximum atomic E-state index is 11.5. The zero-order valence-corrected chi connectivity index (χ0v) is 14.1. The van der Waals surface area contributed by atoms with Crippen molar-refractivity contribution in [2.45, 2.75) is 20.8 Å². The van der Waals surface area contributed by atoms with Gasteiger partial charge in [0.05, 0.1) is 0 Å². The first-order valence-corrected chi connectivity index (χ1v) is 7.32. The molecule has 1 aromatic rings. The number of allylic oxidation sites excluding steroid dienone is 1. The van der Waals surface area contributed by atoms with Crippen molar-refractivity contribution >= 4 is 10.1 Å². The fourth-order valence-electron chi connectivity index (χ4n) is 1.94. The van der Waals surface area contributed by atoms with Gasteiger partial charge in [-0.05, 0) is 0 Å². The van der Waals surface area contributed by atoms with Gasteiger partial charge in [0.2, 0.25) is 0 Å². The van der Waals surface area contributed by atoms with Gasteiger partial charge >= 0.3 is 118 Å². The van der Waals surface area contributed by atoms with E-state index in [1.807, 2.05) is 25.8 Å². The fourth-order valence-corrected chi connectivity index (χ4v) is 2.45. The van der Waals surface area contributed by atoms with Crippen molar-refractivity contribution in [3.8, 4) is 0 Å². The average Bonchev–Trinajstić information content (AvgIpc) is 2.34. The summed E-state index contributed by atoms with van der Waals surface area (Å²) in [4.78, 5) is 24.6. The SMILES string of the molecule is C=C(C)/C(CN(C)c1c(C)c(=O)c1=O)=C(/C)[CH]=[W]. The molecule has 0 heterocycles. The molecule has 0 atom stereocenters. The van der Waals surface area contributed by atoms with Crippen LogP contribution in [0.1, 0.15) is 19.4 Å². The Morgan fingerprint density at radius 2 is 1.89 bits per heavy atom. The Bertz CT molecular complexity index is 604. The van der Waals surface area contributed by atoms with Gasteiger partial charge in [0, 0.05) is 0 Å². The third-order valence-corrected chi connectivity index (χ3v) is 4.33. The van der Waals surface area contributed by atoms with Crippen LogP contribution in [0, 0.1) is 6.92 Å². The molecule has 3 nitrogen and oxygen atoms in total. The molecule has 96 valence electrons. The van der Waals surface area contributed by atoms with Crippen molar-refractivity contribution in [3.05, 3.63) is 49.3 Å². The summed E-state index contributed by atoms with van der Waals surface area (Å²) in [6.07, 6.45) is 0. The van der Waals surface area contributed by atoms with E-state index >= 15 is 0 Å². The summed E-state index contributed by atoms with van der Waals surface area (Å²) < 4.78 is 2.10. The number of hydrogen-bond acceptors (Lipinski definition) is 3. The molecule has 0 fully saturated rings. The molecule has 0 radical (unpaired) electrons. The summed E-state index contributed by atoms with van der Waals surface area (Å²) in [6, 6.07) is 0. The van der Waals surface area contributed by atoms with Crippen LogP contribution < -0.4 is 15.8 Å². The van der Waals surface area contributed by atoms with E-state index in [2.05, 4.69) is 11.0 Å². The van der Waals surface area contributed by atoms with Gasteiger partial charge in [0.25, 0.3) is 0 Å². The standard InChI is InChI=1S/C14H17NO2.W/c1-8(2)11(9(3)4)7-15(6)12-10(5)13(16)14(12)17;/h1H,3,7H2,2,4-6H3;/b11-8+;. The first-order chi connectivity index (χ1) is 8.31. The Balaban J connectivity index is 3.05. The third kappa shape index (κ3) is 2.67. The summed E-state index contributed by atoms with van der Waals surface area (Å²) in [5.41, 5.74) is 3.66. The van der Waals surface area contributed by atoms with Crippen LogP contribution in [0.15, 0.2) is 32.9 Å². The van der Waals surface area contributed by atoms with Crippen molar-refractivity contribution < 1.29 is 19.4 Å². The second-order valence-corrected chi connectivity index (χ2v) is 5.39. The molecule has 0 unspecified atom stereocenters. The zero-order chi connectivity index (χ0) is 14.0. The molecular weight excluding hydrogens is 398 g/mol. The number of likely N-dealkylation sites (N-methyl/N-ethyl adjacent to an activating group) is 1. The fraction of sp³-hybridized carbons (Fsp3) is 0.357. The Hall–Kier alpha value is -1.08. The predicted molar refractivity (Wildman–Crippen MR) is 72.9 cm³/mol. The van der Waals surface area contributed by atoms with Gasteiger partial charge in [0.15, 0.2) is 0 Å². The van der Waals surface area contributed by atoms with E-state index in [1.165, 1.54) is 24.9 Å². The summed E-state index contributed by atoms with van der Waals surface area (Å²) in [7, 11) is 1.84. The quantitative estimate of drug-likeness (QED) is 0.537. The third-order valence-electron chi connectivity index (χ3n) is 3.06. The van der Waals surface area contributed by atoms with Gasteiger partial charge in [-0.2, -0.15) is 0 Å². The summed E-state index contributed by atoms with van der Waals surface area (Å²) in [5, 5.41) is 0. The van der Waals surface area contributed by atoms with Crippen LogP contribution in [0.25, 0.3) is 0 Å². The molecule has 0 N–H and O–H groups in total. The second kappa shape index (κ2) is 5.71.